The summed E-state index contributed by atoms with van der Waals surface area (Å²) < 4.78 is 0. The third-order valence-corrected chi connectivity index (χ3v) is 5.31. The van der Waals surface area contributed by atoms with Crippen LogP contribution in [0.5, 0.6) is 0 Å². The Bertz CT molecular complexity index is 320. The molecule has 0 aromatic heterocycles. The molecule has 0 heterocycles. The van der Waals surface area contributed by atoms with E-state index in [2.05, 4.69) is 9.30 Å². The van der Waals surface area contributed by atoms with Crippen molar-refractivity contribution in [3.8, 4) is 0 Å². The first-order valence-corrected chi connectivity index (χ1v) is 10.0. The van der Waals surface area contributed by atoms with Gasteiger partial charge in [-0.2, -0.15) is 0 Å². The first-order chi connectivity index (χ1) is 10.1. The summed E-state index contributed by atoms with van der Waals surface area (Å²) in [5.41, 5.74) is 10.3. The first-order valence-electron chi connectivity index (χ1n) is 7.88. The molecule has 2 amide bonds. The van der Waals surface area contributed by atoms with Crippen LogP contribution < -0.4 is 11.5 Å². The second-order valence-electron chi connectivity index (χ2n) is 6.27. The van der Waals surface area contributed by atoms with Gasteiger partial charge in [-0.05, 0) is 37.5 Å². The average molecular weight is 350 g/mol. The zero-order chi connectivity index (χ0) is 15.9. The maximum absolute atomic E-state index is 12.2. The van der Waals surface area contributed by atoms with Crippen molar-refractivity contribution < 1.29 is 29.0 Å². The first kappa shape index (κ1) is 19.0. The average Bonchev–Trinajstić information content (AvgIpc) is 2.51. The second-order valence-corrected chi connectivity index (χ2v) is 6.27. The van der Waals surface area contributed by atoms with E-state index < -0.39 is 17.2 Å². The van der Waals surface area contributed by atoms with Crippen LogP contribution in [-0.2, 0) is 29.0 Å². The van der Waals surface area contributed by atoms with Crippen molar-refractivity contribution in [1.82, 2.24) is 0 Å². The molecule has 0 aromatic carbocycles. The molecule has 4 nitrogen and oxygen atoms in total. The van der Waals surface area contributed by atoms with Gasteiger partial charge in [0.05, 0.1) is 0 Å². The molecule has 2 saturated carbocycles. The summed E-state index contributed by atoms with van der Waals surface area (Å²) in [4.78, 5) is 24.4. The fourth-order valence-electron chi connectivity index (χ4n) is 4.38. The fourth-order valence-corrected chi connectivity index (χ4v) is 4.38. The van der Waals surface area contributed by atoms with E-state index in [1.807, 2.05) is 0 Å². The standard InChI is InChI=1S/C15H26N2O2.ClH.Ti/c16-13(18)15(14(17)19,11-7-3-1-4-8-11)12-9-5-2-6-10-12;;/h11-12H,1-10H2,(H2,16,18)(H2,17,19);1H;/q;;+1/p-1. The van der Waals surface area contributed by atoms with Crippen LogP contribution in [0.4, 0.5) is 0 Å². The minimum atomic E-state index is -1.08. The Morgan fingerprint density at radius 3 is 1.29 bits per heavy atom. The molecule has 2 rings (SSSR count). The SMILES string of the molecule is NC(=O)C(C(N)=O)(C1CCCCC1)C1CCCCC1.[Cl][Ti]. The van der Waals surface area contributed by atoms with E-state index >= 15 is 0 Å². The van der Waals surface area contributed by atoms with Crippen LogP contribution in [0.25, 0.3) is 0 Å². The molecule has 0 saturated heterocycles. The zero-order valence-electron chi connectivity index (χ0n) is 12.6. The number of rotatable bonds is 4. The topological polar surface area (TPSA) is 86.2 Å². The van der Waals surface area contributed by atoms with E-state index in [-0.39, 0.29) is 11.8 Å². The van der Waals surface area contributed by atoms with Gasteiger partial charge in [0, 0.05) is 0 Å². The van der Waals surface area contributed by atoms with Crippen molar-refractivity contribution in [2.75, 3.05) is 0 Å². The molecule has 0 atom stereocenters. The Hall–Kier alpha value is -0.0557. The normalized spacial score (nSPS) is 21.1. The minimum absolute atomic E-state index is 0.0688. The molecule has 0 spiro atoms. The Kier molecular flexibility index (Phi) is 8.29. The molecule has 0 radical (unpaired) electrons. The van der Waals surface area contributed by atoms with Gasteiger partial charge in [0.15, 0.2) is 0 Å². The molecule has 2 aliphatic rings. The fraction of sp³-hybridized carbons (Fsp3) is 0.867. The Morgan fingerprint density at radius 2 is 1.05 bits per heavy atom. The van der Waals surface area contributed by atoms with Gasteiger partial charge < -0.3 is 11.5 Å². The van der Waals surface area contributed by atoms with E-state index in [9.17, 15) is 9.59 Å². The molecular weight excluding hydrogens is 323 g/mol. The van der Waals surface area contributed by atoms with Gasteiger partial charge in [-0.3, -0.25) is 9.59 Å². The maximum atomic E-state index is 12.2. The molecule has 4 N–H and O–H groups in total. The third kappa shape index (κ3) is 4.02. The molecule has 0 unspecified atom stereocenters. The number of hydrogen-bond donors (Lipinski definition) is 2. The number of carbonyl (C=O) groups excluding carboxylic acids is 2. The van der Waals surface area contributed by atoms with E-state index in [1.165, 1.54) is 32.2 Å². The van der Waals surface area contributed by atoms with Gasteiger partial charge >= 0.3 is 28.7 Å². The molecule has 0 aromatic rings. The summed E-state index contributed by atoms with van der Waals surface area (Å²) in [5, 5.41) is 0. The Balaban J connectivity index is 0.00000106. The summed E-state index contributed by atoms with van der Waals surface area (Å²) in [5.74, 6) is -0.809. The molecule has 0 aliphatic heterocycles. The van der Waals surface area contributed by atoms with Crippen LogP contribution in [0.15, 0.2) is 0 Å². The number of amides is 2. The van der Waals surface area contributed by atoms with Crippen molar-refractivity contribution in [2.24, 2.45) is 28.7 Å². The predicted octanol–water partition coefficient (Wildman–Crippen LogP) is 2.79. The quantitative estimate of drug-likeness (QED) is 0.604. The molecule has 6 heteroatoms. The summed E-state index contributed by atoms with van der Waals surface area (Å²) in [6.07, 6.45) is 10.4. The number of primary amides is 2. The molecule has 0 bridgehead atoms. The zero-order valence-corrected chi connectivity index (χ0v) is 14.9. The van der Waals surface area contributed by atoms with E-state index in [0.29, 0.717) is 0 Å². The molecular formula is C15H26ClN2O2Ti. The van der Waals surface area contributed by atoms with Crippen LogP contribution in [0.1, 0.15) is 64.2 Å². The van der Waals surface area contributed by atoms with E-state index in [1.54, 1.807) is 0 Å². The van der Waals surface area contributed by atoms with Crippen LogP contribution in [0.3, 0.4) is 0 Å². The third-order valence-electron chi connectivity index (χ3n) is 5.31. The monoisotopic (exact) mass is 349 g/mol. The molecule has 119 valence electrons. The van der Waals surface area contributed by atoms with Gasteiger partial charge in [0.1, 0.15) is 5.41 Å². The van der Waals surface area contributed by atoms with Crippen molar-refractivity contribution in [2.45, 2.75) is 64.2 Å². The van der Waals surface area contributed by atoms with Crippen LogP contribution in [0, 0.1) is 17.3 Å². The number of hydrogen-bond acceptors (Lipinski definition) is 2. The summed E-state index contributed by atoms with van der Waals surface area (Å²) in [7, 11) is 4.64. The number of carbonyl (C=O) groups is 2. The summed E-state index contributed by atoms with van der Waals surface area (Å²) in [6, 6.07) is 0. The number of halogens is 1. The van der Waals surface area contributed by atoms with E-state index in [0.717, 1.165) is 51.4 Å². The van der Waals surface area contributed by atoms with E-state index in [4.69, 9.17) is 11.5 Å². The van der Waals surface area contributed by atoms with Crippen LogP contribution in [0.2, 0.25) is 0 Å². The van der Waals surface area contributed by atoms with Crippen molar-refractivity contribution in [3.63, 3.8) is 0 Å². The van der Waals surface area contributed by atoms with Crippen LogP contribution in [-0.4, -0.2) is 11.8 Å². The Labute approximate surface area is 143 Å². The van der Waals surface area contributed by atoms with Gasteiger partial charge in [0.2, 0.25) is 11.8 Å². The Morgan fingerprint density at radius 1 is 0.762 bits per heavy atom. The van der Waals surface area contributed by atoms with Gasteiger partial charge in [0.25, 0.3) is 0 Å². The summed E-state index contributed by atoms with van der Waals surface area (Å²) >= 11 is 1.47. The van der Waals surface area contributed by atoms with Gasteiger partial charge in [-0.15, -0.1) is 0 Å². The van der Waals surface area contributed by atoms with Crippen molar-refractivity contribution in [1.29, 1.82) is 0 Å². The van der Waals surface area contributed by atoms with Gasteiger partial charge in [-0.25, -0.2) is 0 Å². The van der Waals surface area contributed by atoms with Crippen molar-refractivity contribution in [3.05, 3.63) is 0 Å². The number of nitrogens with two attached hydrogens (primary N) is 2. The molecule has 2 aliphatic carbocycles. The second kappa shape index (κ2) is 9.17. The van der Waals surface area contributed by atoms with Crippen molar-refractivity contribution >= 4 is 21.1 Å². The molecule has 21 heavy (non-hydrogen) atoms. The molecule has 2 fully saturated rings. The van der Waals surface area contributed by atoms with Crippen LogP contribution >= 0.6 is 9.30 Å². The predicted molar refractivity (Wildman–Crippen MR) is 79.8 cm³/mol. The summed E-state index contributed by atoms with van der Waals surface area (Å²) in [6.45, 7) is 0. The van der Waals surface area contributed by atoms with Gasteiger partial charge in [-0.1, -0.05) is 38.5 Å².